The Morgan fingerprint density at radius 2 is 0.797 bits per heavy atom. The molecule has 350 valence electrons. The van der Waals surface area contributed by atoms with E-state index in [-0.39, 0.29) is 18.5 Å². The van der Waals surface area contributed by atoms with Crippen molar-refractivity contribution >= 4 is 11.9 Å². The summed E-state index contributed by atoms with van der Waals surface area (Å²) in [6.07, 6.45) is 56.1. The van der Waals surface area contributed by atoms with Gasteiger partial charge in [0.15, 0.2) is 0 Å². The van der Waals surface area contributed by atoms with E-state index in [1.165, 1.54) is 199 Å². The number of carbonyl (C=O) groups is 2. The zero-order valence-electron chi connectivity index (χ0n) is 39.7. The van der Waals surface area contributed by atoms with E-state index in [0.29, 0.717) is 25.9 Å². The molecule has 0 heterocycles. The highest BCUT2D eigenvalue weighted by atomic mass is 16.5. The van der Waals surface area contributed by atoms with Crippen LogP contribution in [-0.2, 0) is 14.3 Å². The molecule has 0 bridgehead atoms. The fourth-order valence-electron chi connectivity index (χ4n) is 8.22. The highest BCUT2D eigenvalue weighted by Gasteiger charge is 2.20. The van der Waals surface area contributed by atoms with E-state index in [9.17, 15) is 19.8 Å². The molecule has 3 N–H and O–H groups in total. The predicted molar refractivity (Wildman–Crippen MR) is 255 cm³/mol. The number of aliphatic hydroxyl groups excluding tert-OH is 2. The number of amides is 1. The third-order valence-corrected chi connectivity index (χ3v) is 12.3. The topological polar surface area (TPSA) is 95.9 Å². The number of ether oxygens (including phenoxy) is 1. The van der Waals surface area contributed by atoms with Crippen LogP contribution >= 0.6 is 0 Å². The molecule has 1 amide bonds. The number of aliphatic hydroxyl groups is 2. The van der Waals surface area contributed by atoms with Gasteiger partial charge in [-0.3, -0.25) is 9.59 Å². The highest BCUT2D eigenvalue weighted by Crippen LogP contribution is 2.17. The lowest BCUT2D eigenvalue weighted by Crippen LogP contribution is -2.45. The summed E-state index contributed by atoms with van der Waals surface area (Å²) >= 11 is 0. The molecule has 2 atom stereocenters. The fourth-order valence-corrected chi connectivity index (χ4v) is 8.22. The molecule has 6 nitrogen and oxygen atoms in total. The maximum absolute atomic E-state index is 12.5. The van der Waals surface area contributed by atoms with Gasteiger partial charge in [0, 0.05) is 12.8 Å². The average molecular weight is 834 g/mol. The molecule has 0 aliphatic carbocycles. The van der Waals surface area contributed by atoms with Crippen molar-refractivity contribution in [2.24, 2.45) is 0 Å². The molecule has 2 unspecified atom stereocenters. The third-order valence-electron chi connectivity index (χ3n) is 12.3. The van der Waals surface area contributed by atoms with Crippen molar-refractivity contribution in [2.75, 3.05) is 13.2 Å². The van der Waals surface area contributed by atoms with E-state index >= 15 is 0 Å². The van der Waals surface area contributed by atoms with Crippen molar-refractivity contribution in [3.63, 3.8) is 0 Å². The van der Waals surface area contributed by atoms with E-state index < -0.39 is 12.1 Å². The summed E-state index contributed by atoms with van der Waals surface area (Å²) in [4.78, 5) is 24.5. The minimum atomic E-state index is -0.674. The Morgan fingerprint density at radius 3 is 1.24 bits per heavy atom. The first-order valence-corrected chi connectivity index (χ1v) is 26.4. The third kappa shape index (κ3) is 45.9. The van der Waals surface area contributed by atoms with Crippen molar-refractivity contribution in [2.45, 2.75) is 302 Å². The van der Waals surface area contributed by atoms with Gasteiger partial charge in [0.05, 0.1) is 25.4 Å². The maximum atomic E-state index is 12.5. The van der Waals surface area contributed by atoms with Crippen molar-refractivity contribution in [1.82, 2.24) is 5.32 Å². The van der Waals surface area contributed by atoms with Crippen molar-refractivity contribution < 1.29 is 24.5 Å². The van der Waals surface area contributed by atoms with Crippen LogP contribution in [0.5, 0.6) is 0 Å². The zero-order valence-corrected chi connectivity index (χ0v) is 39.7. The minimum Gasteiger partial charge on any atom is -0.466 e. The summed E-state index contributed by atoms with van der Waals surface area (Å²) in [5.41, 5.74) is 0. The van der Waals surface area contributed by atoms with Crippen LogP contribution in [0.25, 0.3) is 0 Å². The first-order chi connectivity index (χ1) is 29.0. The molecule has 0 aromatic rings. The van der Waals surface area contributed by atoms with Gasteiger partial charge in [-0.2, -0.15) is 0 Å². The van der Waals surface area contributed by atoms with E-state index in [2.05, 4.69) is 31.3 Å². The van der Waals surface area contributed by atoms with Crippen molar-refractivity contribution in [3.8, 4) is 0 Å². The average Bonchev–Trinajstić information content (AvgIpc) is 3.24. The largest absolute Gasteiger partial charge is 0.466 e. The van der Waals surface area contributed by atoms with Gasteiger partial charge >= 0.3 is 5.97 Å². The summed E-state index contributed by atoms with van der Waals surface area (Å²) in [6.45, 7) is 4.90. The van der Waals surface area contributed by atoms with Crippen LogP contribution in [0.4, 0.5) is 0 Å². The van der Waals surface area contributed by atoms with Gasteiger partial charge in [-0.15, -0.1) is 0 Å². The van der Waals surface area contributed by atoms with E-state index in [0.717, 1.165) is 57.8 Å². The number of nitrogens with one attached hydrogen (secondary N) is 1. The molecule has 59 heavy (non-hydrogen) atoms. The molecule has 0 rings (SSSR count). The Balaban J connectivity index is 3.47. The molecule has 0 fully saturated rings. The van der Waals surface area contributed by atoms with Crippen LogP contribution < -0.4 is 5.32 Å². The van der Waals surface area contributed by atoms with Gasteiger partial charge in [-0.05, 0) is 51.4 Å². The summed E-state index contributed by atoms with van der Waals surface area (Å²) in [5, 5.41) is 23.3. The standard InChI is InChI=1S/C53H103NO5/c1-3-5-7-9-11-13-15-17-18-19-20-21-22-25-29-33-37-41-45-51(56)50(49-55)54-52(57)46-42-38-34-30-26-23-24-28-32-36-40-44-48-59-53(58)47-43-39-35-31-27-16-14-12-10-8-6-4-2/h12,14,50-51,55-56H,3-11,13,15-49H2,1-2H3,(H,54,57)/b14-12-. The molecule has 6 heteroatoms. The second-order valence-corrected chi connectivity index (χ2v) is 18.2. The fraction of sp³-hybridized carbons (Fsp3) is 0.925. The quantitative estimate of drug-likeness (QED) is 0.0322. The van der Waals surface area contributed by atoms with Crippen molar-refractivity contribution in [1.29, 1.82) is 0 Å². The summed E-state index contributed by atoms with van der Waals surface area (Å²) in [7, 11) is 0. The summed E-state index contributed by atoms with van der Waals surface area (Å²) in [6, 6.07) is -0.553. The number of rotatable bonds is 49. The van der Waals surface area contributed by atoms with Crippen LogP contribution in [0.1, 0.15) is 290 Å². The van der Waals surface area contributed by atoms with E-state index in [4.69, 9.17) is 4.74 Å². The number of carbonyl (C=O) groups excluding carboxylic acids is 2. The molecule has 0 saturated carbocycles. The van der Waals surface area contributed by atoms with E-state index in [1.54, 1.807) is 0 Å². The second-order valence-electron chi connectivity index (χ2n) is 18.2. The predicted octanol–water partition coefficient (Wildman–Crippen LogP) is 15.7. The molecule has 0 saturated heterocycles. The van der Waals surface area contributed by atoms with Gasteiger partial charge in [0.1, 0.15) is 0 Å². The highest BCUT2D eigenvalue weighted by molar-refractivity contribution is 5.76. The van der Waals surface area contributed by atoms with Crippen molar-refractivity contribution in [3.05, 3.63) is 12.2 Å². The summed E-state index contributed by atoms with van der Waals surface area (Å²) in [5.74, 6) is -0.0676. The minimum absolute atomic E-state index is 0.0187. The molecule has 0 aliphatic heterocycles. The lowest BCUT2D eigenvalue weighted by molar-refractivity contribution is -0.143. The normalized spacial score (nSPS) is 12.7. The maximum Gasteiger partial charge on any atom is 0.305 e. The summed E-state index contributed by atoms with van der Waals surface area (Å²) < 4.78 is 5.44. The van der Waals surface area contributed by atoms with Gasteiger partial charge in [0.25, 0.3) is 0 Å². The SMILES string of the molecule is CCCCC/C=C\CCCCCCCC(=O)OCCCCCCCCCCCCCCC(=O)NC(CO)C(O)CCCCCCCCCCCCCCCCCCCC. The molecule has 0 radical (unpaired) electrons. The first kappa shape index (κ1) is 57.6. The zero-order chi connectivity index (χ0) is 43.0. The van der Waals surface area contributed by atoms with Gasteiger partial charge < -0.3 is 20.3 Å². The van der Waals surface area contributed by atoms with Crippen LogP contribution in [0.15, 0.2) is 12.2 Å². The molecule has 0 aliphatic rings. The lowest BCUT2D eigenvalue weighted by atomic mass is 10.0. The Kier molecular flexibility index (Phi) is 48.1. The van der Waals surface area contributed by atoms with Gasteiger partial charge in [0.2, 0.25) is 5.91 Å². The van der Waals surface area contributed by atoms with Crippen LogP contribution in [0.2, 0.25) is 0 Å². The van der Waals surface area contributed by atoms with Gasteiger partial charge in [-0.1, -0.05) is 238 Å². The Hall–Kier alpha value is -1.40. The monoisotopic (exact) mass is 834 g/mol. The van der Waals surface area contributed by atoms with Crippen LogP contribution in [0, 0.1) is 0 Å². The van der Waals surface area contributed by atoms with E-state index in [1.807, 2.05) is 0 Å². The molecule has 0 spiro atoms. The first-order valence-electron chi connectivity index (χ1n) is 26.4. The number of hydrogen-bond donors (Lipinski definition) is 3. The molecular formula is C53H103NO5. The number of unbranched alkanes of at least 4 members (excludes halogenated alkanes) is 36. The Morgan fingerprint density at radius 1 is 0.458 bits per heavy atom. The van der Waals surface area contributed by atoms with Gasteiger partial charge in [-0.25, -0.2) is 0 Å². The second kappa shape index (κ2) is 49.3. The Labute approximate surface area is 368 Å². The van der Waals surface area contributed by atoms with Crippen LogP contribution in [-0.4, -0.2) is 47.4 Å². The van der Waals surface area contributed by atoms with Crippen LogP contribution in [0.3, 0.4) is 0 Å². The number of allylic oxidation sites excluding steroid dienone is 2. The smallest absolute Gasteiger partial charge is 0.305 e. The lowest BCUT2D eigenvalue weighted by Gasteiger charge is -2.22. The number of esters is 1. The molecule has 0 aromatic heterocycles. The molecular weight excluding hydrogens is 731 g/mol. The molecule has 0 aromatic carbocycles. The Bertz CT molecular complexity index is 878. The number of hydrogen-bond acceptors (Lipinski definition) is 5.